The van der Waals surface area contributed by atoms with Crippen molar-refractivity contribution in [2.45, 2.75) is 38.1 Å². The van der Waals surface area contributed by atoms with Crippen molar-refractivity contribution >= 4 is 23.8 Å². The van der Waals surface area contributed by atoms with Crippen LogP contribution in [-0.4, -0.2) is 57.7 Å². The maximum Gasteiger partial charge on any atom is 0.327 e. The van der Waals surface area contributed by atoms with Crippen molar-refractivity contribution in [1.82, 2.24) is 9.80 Å². The van der Waals surface area contributed by atoms with Crippen molar-refractivity contribution in [3.8, 4) is 6.07 Å². The molecule has 0 aromatic carbocycles. The molecule has 0 spiro atoms. The molecule has 112 valence electrons. The van der Waals surface area contributed by atoms with Crippen LogP contribution in [-0.2, 0) is 4.79 Å². The number of hydrogen-bond acceptors (Lipinski definition) is 4. The fourth-order valence-corrected chi connectivity index (χ4v) is 3.71. The van der Waals surface area contributed by atoms with Crippen molar-refractivity contribution in [3.05, 3.63) is 0 Å². The van der Waals surface area contributed by atoms with E-state index in [-0.39, 0.29) is 17.3 Å². The number of carbonyl (C=O) groups is 2. The Hall–Kier alpha value is -1.42. The number of hydrogen-bond donors (Lipinski definition) is 1. The monoisotopic (exact) mass is 299 g/mol. The summed E-state index contributed by atoms with van der Waals surface area (Å²) in [4.78, 5) is 26.7. The summed E-state index contributed by atoms with van der Waals surface area (Å²) in [6.45, 7) is 4.06. The average molecular weight is 299 g/mol. The number of urea groups is 1. The van der Waals surface area contributed by atoms with E-state index < -0.39 is 12.0 Å². The van der Waals surface area contributed by atoms with Crippen molar-refractivity contribution in [2.75, 3.05) is 19.3 Å². The van der Waals surface area contributed by atoms with Crippen molar-refractivity contribution in [1.29, 1.82) is 5.26 Å². The van der Waals surface area contributed by atoms with Crippen LogP contribution in [0.1, 0.15) is 26.7 Å². The molecule has 7 heteroatoms. The number of carboxylic acid groups (broad SMARTS) is 1. The van der Waals surface area contributed by atoms with Gasteiger partial charge in [-0.3, -0.25) is 4.90 Å². The highest BCUT2D eigenvalue weighted by Crippen LogP contribution is 2.33. The standard InChI is InChI=1S/C13H21N3O3S/c1-4-5-11-16(10(8-20-11)12(17)18)13(19)15(3)7-9(2)6-14/h9-11H,4-5,7-8H2,1-3H3,(H,17,18). The van der Waals surface area contributed by atoms with Gasteiger partial charge in [0.25, 0.3) is 0 Å². The molecule has 1 aliphatic rings. The highest BCUT2D eigenvalue weighted by Gasteiger charge is 2.42. The molecule has 0 saturated carbocycles. The highest BCUT2D eigenvalue weighted by atomic mass is 32.2. The summed E-state index contributed by atoms with van der Waals surface area (Å²) in [5, 5.41) is 18.0. The first kappa shape index (κ1) is 16.6. The van der Waals surface area contributed by atoms with Crippen molar-refractivity contribution in [3.63, 3.8) is 0 Å². The third-order valence-corrected chi connectivity index (χ3v) is 4.58. The van der Waals surface area contributed by atoms with Crippen LogP contribution in [0.25, 0.3) is 0 Å². The fourth-order valence-electron chi connectivity index (χ4n) is 2.21. The Morgan fingerprint density at radius 3 is 2.75 bits per heavy atom. The molecule has 0 aromatic heterocycles. The molecular formula is C13H21N3O3S. The molecule has 0 bridgehead atoms. The van der Waals surface area contributed by atoms with Gasteiger partial charge >= 0.3 is 12.0 Å². The van der Waals surface area contributed by atoms with Gasteiger partial charge in [0.05, 0.1) is 17.4 Å². The predicted octanol–water partition coefficient (Wildman–Crippen LogP) is 1.83. The molecule has 1 heterocycles. The van der Waals surface area contributed by atoms with Gasteiger partial charge in [0.1, 0.15) is 6.04 Å². The van der Waals surface area contributed by atoms with E-state index in [1.54, 1.807) is 14.0 Å². The van der Waals surface area contributed by atoms with Crippen LogP contribution in [0.5, 0.6) is 0 Å². The molecule has 1 rings (SSSR count). The number of nitriles is 1. The summed E-state index contributed by atoms with van der Waals surface area (Å²) in [5.41, 5.74) is 0. The lowest BCUT2D eigenvalue weighted by Gasteiger charge is -2.31. The van der Waals surface area contributed by atoms with Crippen molar-refractivity contribution in [2.24, 2.45) is 5.92 Å². The number of carboxylic acids is 1. The highest BCUT2D eigenvalue weighted by molar-refractivity contribution is 8.00. The molecule has 1 fully saturated rings. The minimum atomic E-state index is -0.966. The molecule has 20 heavy (non-hydrogen) atoms. The van der Waals surface area contributed by atoms with Crippen LogP contribution in [0.2, 0.25) is 0 Å². The summed E-state index contributed by atoms with van der Waals surface area (Å²) in [7, 11) is 1.61. The number of thioether (sulfide) groups is 1. The van der Waals surface area contributed by atoms with Gasteiger partial charge < -0.3 is 10.0 Å². The third-order valence-electron chi connectivity index (χ3n) is 3.23. The minimum absolute atomic E-state index is 0.0894. The van der Waals surface area contributed by atoms with Crippen LogP contribution < -0.4 is 0 Å². The van der Waals surface area contributed by atoms with Gasteiger partial charge in [-0.25, -0.2) is 9.59 Å². The predicted molar refractivity (Wildman–Crippen MR) is 77.2 cm³/mol. The first-order valence-corrected chi connectivity index (χ1v) is 7.74. The first-order valence-electron chi connectivity index (χ1n) is 6.69. The Labute approximate surface area is 123 Å². The quantitative estimate of drug-likeness (QED) is 0.837. The second kappa shape index (κ2) is 7.39. The Kier molecular flexibility index (Phi) is 6.14. The van der Waals surface area contributed by atoms with Crippen LogP contribution >= 0.6 is 11.8 Å². The van der Waals surface area contributed by atoms with E-state index >= 15 is 0 Å². The summed E-state index contributed by atoms with van der Waals surface area (Å²) in [5.74, 6) is -0.814. The van der Waals surface area contributed by atoms with Gasteiger partial charge in [-0.2, -0.15) is 5.26 Å². The zero-order valence-corrected chi connectivity index (χ0v) is 12.9. The van der Waals surface area contributed by atoms with Gasteiger partial charge in [0, 0.05) is 19.3 Å². The molecule has 1 saturated heterocycles. The number of nitrogens with zero attached hydrogens (tertiary/aromatic N) is 3. The lowest BCUT2D eigenvalue weighted by molar-refractivity contribution is -0.141. The van der Waals surface area contributed by atoms with E-state index in [1.807, 2.05) is 6.92 Å². The summed E-state index contributed by atoms with van der Waals surface area (Å²) in [6, 6.07) is 1.00. The number of rotatable bonds is 5. The molecule has 3 atom stereocenters. The summed E-state index contributed by atoms with van der Waals surface area (Å²) < 4.78 is 0. The van der Waals surface area contributed by atoms with E-state index in [4.69, 9.17) is 5.26 Å². The van der Waals surface area contributed by atoms with E-state index in [2.05, 4.69) is 6.07 Å². The first-order chi connectivity index (χ1) is 9.42. The maximum absolute atomic E-state index is 12.5. The zero-order chi connectivity index (χ0) is 15.3. The molecule has 6 nitrogen and oxygen atoms in total. The van der Waals surface area contributed by atoms with Crippen LogP contribution in [0, 0.1) is 17.2 Å². The van der Waals surface area contributed by atoms with Crippen LogP contribution in [0.15, 0.2) is 0 Å². The second-order valence-electron chi connectivity index (χ2n) is 5.03. The maximum atomic E-state index is 12.5. The zero-order valence-electron chi connectivity index (χ0n) is 12.1. The van der Waals surface area contributed by atoms with Gasteiger partial charge in [-0.15, -0.1) is 11.8 Å². The van der Waals surface area contributed by atoms with Gasteiger partial charge in [-0.05, 0) is 13.3 Å². The van der Waals surface area contributed by atoms with E-state index in [1.165, 1.54) is 21.6 Å². The molecule has 2 amide bonds. The normalized spacial score (nSPS) is 23.2. The Balaban J connectivity index is 2.83. The van der Waals surface area contributed by atoms with Gasteiger partial charge in [0.15, 0.2) is 0 Å². The lowest BCUT2D eigenvalue weighted by Crippen LogP contribution is -2.51. The summed E-state index contributed by atoms with van der Waals surface area (Å²) >= 11 is 1.51. The molecule has 1 aliphatic heterocycles. The SMILES string of the molecule is CCCC1SCC(C(=O)O)N1C(=O)N(C)CC(C)C#N. The average Bonchev–Trinajstić information content (AvgIpc) is 2.81. The minimum Gasteiger partial charge on any atom is -0.480 e. The van der Waals surface area contributed by atoms with Crippen LogP contribution in [0.4, 0.5) is 4.79 Å². The molecule has 0 aliphatic carbocycles. The van der Waals surface area contributed by atoms with E-state index in [9.17, 15) is 14.7 Å². The topological polar surface area (TPSA) is 84.6 Å². The van der Waals surface area contributed by atoms with Gasteiger partial charge in [0.2, 0.25) is 0 Å². The smallest absolute Gasteiger partial charge is 0.327 e. The third kappa shape index (κ3) is 3.79. The van der Waals surface area contributed by atoms with Crippen molar-refractivity contribution < 1.29 is 14.7 Å². The molecule has 3 unspecified atom stereocenters. The lowest BCUT2D eigenvalue weighted by atomic mass is 10.2. The van der Waals surface area contributed by atoms with E-state index in [0.29, 0.717) is 12.3 Å². The number of amides is 2. The second-order valence-corrected chi connectivity index (χ2v) is 6.24. The molecule has 0 aromatic rings. The Morgan fingerprint density at radius 2 is 2.25 bits per heavy atom. The largest absolute Gasteiger partial charge is 0.480 e. The number of aliphatic carboxylic acids is 1. The number of carbonyl (C=O) groups excluding carboxylic acids is 1. The molecular weight excluding hydrogens is 278 g/mol. The molecule has 1 N–H and O–H groups in total. The molecule has 0 radical (unpaired) electrons. The Morgan fingerprint density at radius 1 is 1.60 bits per heavy atom. The summed E-state index contributed by atoms with van der Waals surface area (Å²) in [6.07, 6.45) is 1.67. The fraction of sp³-hybridized carbons (Fsp3) is 0.769. The Bertz CT molecular complexity index is 410. The van der Waals surface area contributed by atoms with E-state index in [0.717, 1.165) is 12.8 Å². The van der Waals surface area contributed by atoms with Gasteiger partial charge in [-0.1, -0.05) is 13.3 Å². The van der Waals surface area contributed by atoms with Crippen LogP contribution in [0.3, 0.4) is 0 Å².